The minimum Gasteiger partial charge on any atom is -0.325 e. The predicted octanol–water partition coefficient (Wildman–Crippen LogP) is 2.56. The third-order valence-corrected chi connectivity index (χ3v) is 3.77. The molecule has 0 atom stereocenters. The van der Waals surface area contributed by atoms with Crippen molar-refractivity contribution in [2.24, 2.45) is 5.73 Å². The summed E-state index contributed by atoms with van der Waals surface area (Å²) in [4.78, 5) is 2.43. The quantitative estimate of drug-likeness (QED) is 0.817. The molecule has 1 aliphatic rings. The minimum absolute atomic E-state index is 0.125. The molecule has 94 valence electrons. The highest BCUT2D eigenvalue weighted by Crippen LogP contribution is 2.35. The molecule has 2 N–H and O–H groups in total. The molecule has 0 spiro atoms. The van der Waals surface area contributed by atoms with Crippen molar-refractivity contribution in [2.75, 3.05) is 13.1 Å². The molecule has 0 heterocycles. The Hall–Kier alpha value is -0.860. The van der Waals surface area contributed by atoms with E-state index in [2.05, 4.69) is 43.0 Å². The molecule has 2 heteroatoms. The number of benzene rings is 1. The van der Waals surface area contributed by atoms with Gasteiger partial charge in [0.25, 0.3) is 0 Å². The zero-order chi connectivity index (χ0) is 12.3. The van der Waals surface area contributed by atoms with Crippen LogP contribution in [0, 0.1) is 0 Å². The minimum atomic E-state index is 0.125. The van der Waals surface area contributed by atoms with Gasteiger partial charge in [-0.25, -0.2) is 0 Å². The second-order valence-electron chi connectivity index (χ2n) is 5.32. The molecule has 1 fully saturated rings. The number of nitrogens with zero attached hydrogens (tertiary/aromatic N) is 1. The van der Waals surface area contributed by atoms with Crippen molar-refractivity contribution in [3.63, 3.8) is 0 Å². The zero-order valence-electron chi connectivity index (χ0n) is 11.1. The lowest BCUT2D eigenvalue weighted by Crippen LogP contribution is -2.24. The fourth-order valence-electron chi connectivity index (χ4n) is 2.21. The summed E-state index contributed by atoms with van der Waals surface area (Å²) in [5.41, 5.74) is 9.04. The topological polar surface area (TPSA) is 29.3 Å². The molecule has 17 heavy (non-hydrogen) atoms. The van der Waals surface area contributed by atoms with Crippen LogP contribution in [0.25, 0.3) is 0 Å². The summed E-state index contributed by atoms with van der Waals surface area (Å²) in [6.07, 6.45) is 3.42. The van der Waals surface area contributed by atoms with Crippen molar-refractivity contribution in [3.05, 3.63) is 35.4 Å². The molecule has 1 aliphatic carbocycles. The smallest absolute Gasteiger partial charge is 0.0233 e. The van der Waals surface area contributed by atoms with E-state index >= 15 is 0 Å². The first-order valence-electron chi connectivity index (χ1n) is 6.74. The van der Waals surface area contributed by atoms with Crippen LogP contribution in [0.2, 0.25) is 0 Å². The highest BCUT2D eigenvalue weighted by atomic mass is 15.1. The summed E-state index contributed by atoms with van der Waals surface area (Å²) < 4.78 is 0. The van der Waals surface area contributed by atoms with E-state index in [-0.39, 0.29) is 5.54 Å². The van der Waals surface area contributed by atoms with Gasteiger partial charge in [0.05, 0.1) is 0 Å². The van der Waals surface area contributed by atoms with Crippen LogP contribution in [0.4, 0.5) is 0 Å². The average molecular weight is 232 g/mol. The molecule has 1 aromatic rings. The Balaban J connectivity index is 1.92. The summed E-state index contributed by atoms with van der Waals surface area (Å²) in [5.74, 6) is 0. The van der Waals surface area contributed by atoms with Gasteiger partial charge in [0, 0.05) is 12.1 Å². The number of nitrogens with two attached hydrogens (primary N) is 1. The molecule has 2 nitrogen and oxygen atoms in total. The lowest BCUT2D eigenvalue weighted by atomic mass is 10.0. The maximum atomic E-state index is 6.13. The maximum Gasteiger partial charge on any atom is 0.0233 e. The van der Waals surface area contributed by atoms with Gasteiger partial charge >= 0.3 is 0 Å². The van der Waals surface area contributed by atoms with E-state index in [4.69, 9.17) is 5.73 Å². The Kier molecular flexibility index (Phi) is 3.85. The van der Waals surface area contributed by atoms with E-state index < -0.39 is 0 Å². The second kappa shape index (κ2) is 5.19. The van der Waals surface area contributed by atoms with Gasteiger partial charge < -0.3 is 5.73 Å². The SMILES string of the molecule is CCN(CC)Cc1ccc(CC2(N)CC2)cc1. The molecule has 0 radical (unpaired) electrons. The Labute approximate surface area is 105 Å². The van der Waals surface area contributed by atoms with Crippen molar-refractivity contribution in [3.8, 4) is 0 Å². The van der Waals surface area contributed by atoms with Crippen molar-refractivity contribution in [2.45, 2.75) is 45.2 Å². The van der Waals surface area contributed by atoms with E-state index in [9.17, 15) is 0 Å². The lowest BCUT2D eigenvalue weighted by molar-refractivity contribution is 0.296. The summed E-state index contributed by atoms with van der Waals surface area (Å²) in [7, 11) is 0. The van der Waals surface area contributed by atoms with Gasteiger partial charge in [-0.3, -0.25) is 4.90 Å². The summed E-state index contributed by atoms with van der Waals surface area (Å²) in [5, 5.41) is 0. The highest BCUT2D eigenvalue weighted by molar-refractivity contribution is 5.25. The van der Waals surface area contributed by atoms with Gasteiger partial charge in [-0.2, -0.15) is 0 Å². The van der Waals surface area contributed by atoms with E-state index in [0.717, 1.165) is 26.1 Å². The average Bonchev–Trinajstić information content (AvgIpc) is 3.06. The van der Waals surface area contributed by atoms with E-state index in [1.807, 2.05) is 0 Å². The van der Waals surface area contributed by atoms with Crippen LogP contribution in [-0.2, 0) is 13.0 Å². The zero-order valence-corrected chi connectivity index (χ0v) is 11.1. The highest BCUT2D eigenvalue weighted by Gasteiger charge is 2.37. The van der Waals surface area contributed by atoms with Crippen molar-refractivity contribution < 1.29 is 0 Å². The molecule has 0 aromatic heterocycles. The van der Waals surface area contributed by atoms with Gasteiger partial charge in [-0.15, -0.1) is 0 Å². The monoisotopic (exact) mass is 232 g/mol. The third-order valence-electron chi connectivity index (χ3n) is 3.77. The lowest BCUT2D eigenvalue weighted by Gasteiger charge is -2.18. The molecule has 0 amide bonds. The van der Waals surface area contributed by atoms with Crippen LogP contribution in [0.5, 0.6) is 0 Å². The summed E-state index contributed by atoms with van der Waals surface area (Å²) >= 11 is 0. The van der Waals surface area contributed by atoms with Gasteiger partial charge in [0.1, 0.15) is 0 Å². The number of rotatable bonds is 6. The van der Waals surface area contributed by atoms with Gasteiger partial charge in [0.2, 0.25) is 0 Å². The molecule has 0 saturated heterocycles. The molecular weight excluding hydrogens is 208 g/mol. The molecule has 0 aliphatic heterocycles. The van der Waals surface area contributed by atoms with Crippen molar-refractivity contribution >= 4 is 0 Å². The van der Waals surface area contributed by atoms with Crippen molar-refractivity contribution in [1.82, 2.24) is 4.90 Å². The Morgan fingerprint density at radius 1 is 1.06 bits per heavy atom. The standard InChI is InChI=1S/C15H24N2/c1-3-17(4-2)12-14-7-5-13(6-8-14)11-15(16)9-10-15/h5-8H,3-4,9-12,16H2,1-2H3. The Bertz CT molecular complexity index is 348. The van der Waals surface area contributed by atoms with Crippen LogP contribution in [0.15, 0.2) is 24.3 Å². The van der Waals surface area contributed by atoms with Crippen molar-refractivity contribution in [1.29, 1.82) is 0 Å². The molecule has 0 bridgehead atoms. The fraction of sp³-hybridized carbons (Fsp3) is 0.600. The van der Waals surface area contributed by atoms with Gasteiger partial charge in [-0.1, -0.05) is 38.1 Å². The van der Waals surface area contributed by atoms with Gasteiger partial charge in [-0.05, 0) is 43.5 Å². The first kappa shape index (κ1) is 12.6. The largest absolute Gasteiger partial charge is 0.325 e. The molecule has 0 unspecified atom stereocenters. The van der Waals surface area contributed by atoms with E-state index in [0.29, 0.717) is 0 Å². The number of hydrogen-bond donors (Lipinski definition) is 1. The van der Waals surface area contributed by atoms with Crippen LogP contribution in [0.3, 0.4) is 0 Å². The number of hydrogen-bond acceptors (Lipinski definition) is 2. The molecule has 1 saturated carbocycles. The summed E-state index contributed by atoms with van der Waals surface area (Å²) in [6, 6.07) is 8.98. The van der Waals surface area contributed by atoms with Crippen LogP contribution in [0.1, 0.15) is 37.8 Å². The third kappa shape index (κ3) is 3.55. The maximum absolute atomic E-state index is 6.13. The summed E-state index contributed by atoms with van der Waals surface area (Å²) in [6.45, 7) is 7.71. The normalized spacial score (nSPS) is 17.4. The Morgan fingerprint density at radius 2 is 1.59 bits per heavy atom. The predicted molar refractivity (Wildman–Crippen MR) is 72.9 cm³/mol. The van der Waals surface area contributed by atoms with Crippen LogP contribution < -0.4 is 5.73 Å². The molecular formula is C15H24N2. The molecule has 2 rings (SSSR count). The second-order valence-corrected chi connectivity index (χ2v) is 5.32. The fourth-order valence-corrected chi connectivity index (χ4v) is 2.21. The van der Waals surface area contributed by atoms with Crippen LogP contribution >= 0.6 is 0 Å². The first-order chi connectivity index (χ1) is 8.15. The Morgan fingerprint density at radius 3 is 2.06 bits per heavy atom. The first-order valence-corrected chi connectivity index (χ1v) is 6.74. The van der Waals surface area contributed by atoms with Crippen LogP contribution in [-0.4, -0.2) is 23.5 Å². The van der Waals surface area contributed by atoms with E-state index in [1.54, 1.807) is 0 Å². The van der Waals surface area contributed by atoms with Gasteiger partial charge in [0.15, 0.2) is 0 Å². The van der Waals surface area contributed by atoms with E-state index in [1.165, 1.54) is 24.0 Å². The molecule has 1 aromatic carbocycles.